The summed E-state index contributed by atoms with van der Waals surface area (Å²) in [6, 6.07) is 13.2. The molecule has 3 aromatic rings. The normalized spacial score (nSPS) is 21.1. The predicted molar refractivity (Wildman–Crippen MR) is 109 cm³/mol. The van der Waals surface area contributed by atoms with E-state index in [9.17, 15) is 4.79 Å². The maximum atomic E-state index is 11.9. The maximum absolute atomic E-state index is 11.9. The zero-order valence-corrected chi connectivity index (χ0v) is 16.5. The van der Waals surface area contributed by atoms with Crippen molar-refractivity contribution in [3.05, 3.63) is 74.6 Å². The van der Waals surface area contributed by atoms with Gasteiger partial charge >= 0.3 is 5.63 Å². The van der Waals surface area contributed by atoms with Gasteiger partial charge in [-0.2, -0.15) is 0 Å². The second-order valence-corrected chi connectivity index (χ2v) is 8.08. The Balaban J connectivity index is 1.57. The molecular weight excluding hydrogens is 350 g/mol. The molecule has 5 rings (SSSR count). The summed E-state index contributed by atoms with van der Waals surface area (Å²) in [5.74, 6) is 0.900. The Hall–Kier alpha value is -2.59. The first-order valence-electron chi connectivity index (χ1n) is 10.3. The molecule has 0 saturated carbocycles. The molecule has 0 saturated heterocycles. The van der Waals surface area contributed by atoms with Crippen molar-refractivity contribution in [1.29, 1.82) is 0 Å². The molecule has 2 aromatic carbocycles. The topological polar surface area (TPSA) is 43.9 Å². The number of hydrogen-bond donors (Lipinski definition) is 1. The number of fused-ring (bicyclic) bond motifs is 3. The van der Waals surface area contributed by atoms with Crippen molar-refractivity contribution in [3.63, 3.8) is 0 Å². The van der Waals surface area contributed by atoms with Gasteiger partial charge in [0.1, 0.15) is 23.9 Å². The molecular formula is C24H26NO3+. The van der Waals surface area contributed by atoms with Crippen LogP contribution >= 0.6 is 0 Å². The smallest absolute Gasteiger partial charge is 0.336 e. The molecule has 2 atom stereocenters. The summed E-state index contributed by atoms with van der Waals surface area (Å²) in [6.07, 6.45) is 4.43. The monoisotopic (exact) mass is 376 g/mol. The summed E-state index contributed by atoms with van der Waals surface area (Å²) in [5, 5.41) is 1.05. The largest absolute Gasteiger partial charge is 0.444 e. The zero-order valence-electron chi connectivity index (χ0n) is 16.5. The van der Waals surface area contributed by atoms with Crippen LogP contribution in [0.25, 0.3) is 11.0 Å². The van der Waals surface area contributed by atoms with Gasteiger partial charge in [-0.15, -0.1) is 0 Å². The second kappa shape index (κ2) is 6.78. The quantitative estimate of drug-likeness (QED) is 0.697. The van der Waals surface area contributed by atoms with Crippen LogP contribution in [0.15, 0.2) is 45.6 Å². The number of nitrogens with one attached hydrogen (secondary N) is 1. The van der Waals surface area contributed by atoms with Crippen LogP contribution in [0.2, 0.25) is 0 Å². The highest BCUT2D eigenvalue weighted by Crippen LogP contribution is 2.35. The van der Waals surface area contributed by atoms with Crippen LogP contribution in [0.1, 0.15) is 53.6 Å². The molecule has 2 heterocycles. The molecule has 0 amide bonds. The van der Waals surface area contributed by atoms with Crippen molar-refractivity contribution >= 4 is 11.0 Å². The molecule has 0 bridgehead atoms. The molecule has 4 heteroatoms. The van der Waals surface area contributed by atoms with Crippen LogP contribution in [0.5, 0.6) is 5.75 Å². The molecule has 144 valence electrons. The average molecular weight is 376 g/mol. The lowest BCUT2D eigenvalue weighted by molar-refractivity contribution is -0.963. The molecule has 0 spiro atoms. The number of benzene rings is 2. The van der Waals surface area contributed by atoms with Gasteiger partial charge in [-0.05, 0) is 43.4 Å². The molecule has 1 aliphatic heterocycles. The van der Waals surface area contributed by atoms with Crippen LogP contribution in [-0.4, -0.2) is 6.73 Å². The molecule has 1 N–H and O–H groups in total. The van der Waals surface area contributed by atoms with Gasteiger partial charge in [0.2, 0.25) is 6.73 Å². The van der Waals surface area contributed by atoms with E-state index in [1.807, 2.05) is 6.92 Å². The molecule has 0 radical (unpaired) electrons. The van der Waals surface area contributed by atoms with E-state index >= 15 is 0 Å². The number of aryl methyl sites for hydroxylation is 3. The van der Waals surface area contributed by atoms with Gasteiger partial charge in [-0.1, -0.05) is 31.2 Å². The fraction of sp³-hybridized carbons (Fsp3) is 0.375. The summed E-state index contributed by atoms with van der Waals surface area (Å²) < 4.78 is 11.8. The molecule has 1 unspecified atom stereocenters. The van der Waals surface area contributed by atoms with E-state index in [4.69, 9.17) is 9.15 Å². The summed E-state index contributed by atoms with van der Waals surface area (Å²) in [4.78, 5) is 13.4. The van der Waals surface area contributed by atoms with Crippen molar-refractivity contribution in [2.45, 2.75) is 52.1 Å². The lowest BCUT2D eigenvalue weighted by atomic mass is 9.86. The van der Waals surface area contributed by atoms with Crippen molar-refractivity contribution < 1.29 is 14.1 Å². The summed E-state index contributed by atoms with van der Waals surface area (Å²) in [7, 11) is 0. The van der Waals surface area contributed by atoms with E-state index in [1.54, 1.807) is 6.07 Å². The summed E-state index contributed by atoms with van der Waals surface area (Å²) in [6.45, 7) is 5.67. The number of ether oxygens (including phenoxy) is 1. The Bertz CT molecular complexity index is 1110. The fourth-order valence-corrected chi connectivity index (χ4v) is 5.06. The molecule has 1 aliphatic carbocycles. The first kappa shape index (κ1) is 17.5. The van der Waals surface area contributed by atoms with Crippen molar-refractivity contribution in [2.75, 3.05) is 6.73 Å². The Labute approximate surface area is 164 Å². The van der Waals surface area contributed by atoms with E-state index in [2.05, 4.69) is 37.3 Å². The van der Waals surface area contributed by atoms with Crippen LogP contribution in [0, 0.1) is 6.92 Å². The number of rotatable bonds is 2. The summed E-state index contributed by atoms with van der Waals surface area (Å²) in [5.41, 5.74) is 6.58. The van der Waals surface area contributed by atoms with Gasteiger partial charge in [0.05, 0.1) is 0 Å². The first-order chi connectivity index (χ1) is 13.7. The molecule has 4 nitrogen and oxygen atoms in total. The Morgan fingerprint density at radius 3 is 2.89 bits per heavy atom. The lowest BCUT2D eigenvalue weighted by Crippen LogP contribution is -3.12. The highest BCUT2D eigenvalue weighted by molar-refractivity contribution is 5.86. The fourth-order valence-electron chi connectivity index (χ4n) is 5.06. The van der Waals surface area contributed by atoms with Crippen LogP contribution in [0.4, 0.5) is 0 Å². The van der Waals surface area contributed by atoms with Crippen LogP contribution < -0.4 is 15.3 Å². The summed E-state index contributed by atoms with van der Waals surface area (Å²) >= 11 is 0. The van der Waals surface area contributed by atoms with E-state index in [0.717, 1.165) is 35.2 Å². The highest BCUT2D eigenvalue weighted by atomic mass is 16.5. The Morgan fingerprint density at radius 2 is 2.04 bits per heavy atom. The second-order valence-electron chi connectivity index (χ2n) is 8.08. The van der Waals surface area contributed by atoms with Crippen molar-refractivity contribution in [2.24, 2.45) is 0 Å². The SMILES string of the molecule is CCc1cc(=O)oc2c(C)c3c(cc12)C[NH+]([C@H]1CCCc2ccccc21)CO3. The van der Waals surface area contributed by atoms with Gasteiger partial charge in [0.15, 0.2) is 0 Å². The van der Waals surface area contributed by atoms with Gasteiger partial charge in [0.25, 0.3) is 0 Å². The highest BCUT2D eigenvalue weighted by Gasteiger charge is 2.33. The molecule has 0 fully saturated rings. The van der Waals surface area contributed by atoms with E-state index in [1.165, 1.54) is 40.9 Å². The molecule has 1 aromatic heterocycles. The standard InChI is InChI=1S/C24H25NO3/c1-3-16-12-22(26)28-24-15(2)23-18(11-20(16)24)13-25(14-27-23)21-10-6-8-17-7-4-5-9-19(17)21/h4-5,7,9,11-12,21H,3,6,8,10,13-14H2,1-2H3/p+1/t21-/m0/s1. The third-order valence-electron chi connectivity index (χ3n) is 6.44. The van der Waals surface area contributed by atoms with E-state index in [-0.39, 0.29) is 5.63 Å². The molecule has 28 heavy (non-hydrogen) atoms. The Kier molecular flexibility index (Phi) is 4.24. The van der Waals surface area contributed by atoms with Gasteiger partial charge in [-0.3, -0.25) is 4.90 Å². The Morgan fingerprint density at radius 1 is 1.18 bits per heavy atom. The van der Waals surface area contributed by atoms with E-state index in [0.29, 0.717) is 18.4 Å². The lowest BCUT2D eigenvalue weighted by Gasteiger charge is -2.36. The third-order valence-corrected chi connectivity index (χ3v) is 6.44. The van der Waals surface area contributed by atoms with Gasteiger partial charge < -0.3 is 9.15 Å². The number of hydrogen-bond acceptors (Lipinski definition) is 3. The third kappa shape index (κ3) is 2.75. The van der Waals surface area contributed by atoms with Gasteiger partial charge in [-0.25, -0.2) is 4.79 Å². The first-order valence-corrected chi connectivity index (χ1v) is 10.3. The minimum Gasteiger partial charge on any atom is -0.444 e. The molecule has 2 aliphatic rings. The van der Waals surface area contributed by atoms with Crippen LogP contribution in [-0.2, 0) is 19.4 Å². The maximum Gasteiger partial charge on any atom is 0.336 e. The predicted octanol–water partition coefficient (Wildman–Crippen LogP) is 3.48. The minimum absolute atomic E-state index is 0.283. The zero-order chi connectivity index (χ0) is 19.3. The van der Waals surface area contributed by atoms with Crippen LogP contribution in [0.3, 0.4) is 0 Å². The minimum atomic E-state index is -0.283. The number of quaternary nitrogens is 1. The van der Waals surface area contributed by atoms with Crippen molar-refractivity contribution in [1.82, 2.24) is 0 Å². The average Bonchev–Trinajstić information content (AvgIpc) is 2.73. The van der Waals surface area contributed by atoms with Crippen molar-refractivity contribution in [3.8, 4) is 5.75 Å². The van der Waals surface area contributed by atoms with E-state index < -0.39 is 0 Å². The van der Waals surface area contributed by atoms with Gasteiger partial charge in [0, 0.05) is 34.6 Å².